The normalized spacial score (nSPS) is 14.3. The lowest BCUT2D eigenvalue weighted by atomic mass is 10.1. The quantitative estimate of drug-likeness (QED) is 0.0236. The first-order chi connectivity index (χ1) is 26.2. The van der Waals surface area contributed by atoms with Crippen molar-refractivity contribution in [3.8, 4) is 0 Å². The van der Waals surface area contributed by atoms with Crippen LogP contribution in [0.25, 0.3) is 0 Å². The first-order valence-corrected chi connectivity index (χ1v) is 23.0. The fourth-order valence-electron chi connectivity index (χ4n) is 5.75. The molecule has 0 bridgehead atoms. The van der Waals surface area contributed by atoms with Gasteiger partial charge in [0.25, 0.3) is 0 Å². The van der Waals surface area contributed by atoms with Crippen molar-refractivity contribution in [3.05, 3.63) is 36.5 Å². The molecule has 4 N–H and O–H groups in total. The van der Waals surface area contributed by atoms with Crippen LogP contribution in [0.2, 0.25) is 0 Å². The summed E-state index contributed by atoms with van der Waals surface area (Å²) in [7, 11) is -4.62. The number of carboxylic acids is 1. The van der Waals surface area contributed by atoms with E-state index in [1.165, 1.54) is 103 Å². The summed E-state index contributed by atoms with van der Waals surface area (Å²) in [6, 6.07) is -1.47. The van der Waals surface area contributed by atoms with Crippen LogP contribution in [0.15, 0.2) is 36.5 Å². The van der Waals surface area contributed by atoms with E-state index in [0.29, 0.717) is 13.0 Å². The molecule has 0 heterocycles. The summed E-state index contributed by atoms with van der Waals surface area (Å²) >= 11 is 0. The molecule has 0 saturated carbocycles. The average Bonchev–Trinajstić information content (AvgIpc) is 3.15. The minimum Gasteiger partial charge on any atom is -0.480 e. The van der Waals surface area contributed by atoms with Gasteiger partial charge in [0.15, 0.2) is 0 Å². The van der Waals surface area contributed by atoms with E-state index in [1.54, 1.807) is 0 Å². The van der Waals surface area contributed by atoms with Crippen LogP contribution in [0.4, 0.5) is 0 Å². The van der Waals surface area contributed by atoms with Gasteiger partial charge in [-0.3, -0.25) is 18.6 Å². The Morgan fingerprint density at radius 1 is 0.593 bits per heavy atom. The Labute approximate surface area is 329 Å². The maximum absolute atomic E-state index is 12.6. The van der Waals surface area contributed by atoms with Gasteiger partial charge in [-0.1, -0.05) is 147 Å². The van der Waals surface area contributed by atoms with Crippen molar-refractivity contribution in [2.75, 3.05) is 26.4 Å². The molecule has 0 aromatic rings. The summed E-state index contributed by atoms with van der Waals surface area (Å²) in [5, 5.41) is 8.89. The fourth-order valence-corrected chi connectivity index (χ4v) is 6.52. The zero-order valence-electron chi connectivity index (χ0n) is 34.3. The van der Waals surface area contributed by atoms with Crippen molar-refractivity contribution >= 4 is 19.8 Å². The topological polar surface area (TPSA) is 155 Å². The molecule has 0 fully saturated rings. The van der Waals surface area contributed by atoms with Gasteiger partial charge in [-0.25, -0.2) is 4.57 Å². The van der Waals surface area contributed by atoms with Gasteiger partial charge in [-0.2, -0.15) is 0 Å². The van der Waals surface area contributed by atoms with Gasteiger partial charge in [0.05, 0.1) is 19.8 Å². The van der Waals surface area contributed by atoms with Crippen LogP contribution in [0.1, 0.15) is 187 Å². The molecule has 10 nitrogen and oxygen atoms in total. The Kier molecular flexibility index (Phi) is 38.1. The number of allylic oxidation sites excluding steroid dienone is 6. The van der Waals surface area contributed by atoms with Crippen LogP contribution < -0.4 is 5.73 Å². The predicted molar refractivity (Wildman–Crippen MR) is 221 cm³/mol. The van der Waals surface area contributed by atoms with Gasteiger partial charge < -0.3 is 25.2 Å². The molecule has 316 valence electrons. The number of nitrogens with two attached hydrogens (primary N) is 1. The number of phosphoric ester groups is 1. The smallest absolute Gasteiger partial charge is 0.472 e. The second kappa shape index (κ2) is 39.4. The molecular weight excluding hydrogens is 705 g/mol. The van der Waals surface area contributed by atoms with E-state index in [1.807, 2.05) is 0 Å². The Morgan fingerprint density at radius 2 is 1.02 bits per heavy atom. The molecule has 3 unspecified atom stereocenters. The van der Waals surface area contributed by atoms with E-state index < -0.39 is 45.1 Å². The number of hydrogen-bond acceptors (Lipinski definition) is 8. The van der Waals surface area contributed by atoms with Gasteiger partial charge in [0.2, 0.25) is 0 Å². The fraction of sp³-hybridized carbons (Fsp3) is 0.814. The lowest BCUT2D eigenvalue weighted by molar-refractivity contribution is -0.154. The lowest BCUT2D eigenvalue weighted by Crippen LogP contribution is -2.34. The summed E-state index contributed by atoms with van der Waals surface area (Å²) in [6.45, 7) is 3.83. The van der Waals surface area contributed by atoms with E-state index in [0.717, 1.165) is 57.8 Å². The standard InChI is InChI=1S/C43H80NO9P/c1-3-5-7-9-11-13-15-17-19-20-21-23-25-27-29-31-33-35-42(45)53-40(38-51-54(48,49)52-39-41(44)43(46)47)37-50-36-34-32-30-28-26-24-22-18-16-14-12-10-8-6-4-2/h11,13,16-19,40-41H,3-10,12,14-15,20-39,44H2,1-2H3,(H,46,47)(H,48,49)/b13-11-,18-16-,19-17-. The Morgan fingerprint density at radius 3 is 1.56 bits per heavy atom. The Balaban J connectivity index is 4.27. The van der Waals surface area contributed by atoms with Crippen LogP contribution in [-0.4, -0.2) is 60.5 Å². The highest BCUT2D eigenvalue weighted by Crippen LogP contribution is 2.43. The summed E-state index contributed by atoms with van der Waals surface area (Å²) < 4.78 is 33.3. The molecule has 0 aliphatic carbocycles. The zero-order chi connectivity index (χ0) is 39.8. The third kappa shape index (κ3) is 38.5. The van der Waals surface area contributed by atoms with Crippen molar-refractivity contribution in [3.63, 3.8) is 0 Å². The van der Waals surface area contributed by atoms with Crippen LogP contribution in [0.3, 0.4) is 0 Å². The SMILES string of the molecule is CCCCC/C=C\C/C=C\CCCCCCCCCC(=O)OC(COCCCCCCCC/C=C\CCCCCCC)COP(=O)(O)OCC(N)C(=O)O. The molecule has 0 aliphatic rings. The van der Waals surface area contributed by atoms with Crippen molar-refractivity contribution in [1.82, 2.24) is 0 Å². The van der Waals surface area contributed by atoms with Gasteiger partial charge in [0, 0.05) is 13.0 Å². The van der Waals surface area contributed by atoms with Crippen molar-refractivity contribution < 1.29 is 42.7 Å². The number of ether oxygens (including phenoxy) is 2. The Hall–Kier alpha value is -1.81. The average molecular weight is 786 g/mol. The van der Waals surface area contributed by atoms with Gasteiger partial charge in [0.1, 0.15) is 12.1 Å². The van der Waals surface area contributed by atoms with E-state index >= 15 is 0 Å². The van der Waals surface area contributed by atoms with E-state index in [-0.39, 0.29) is 13.0 Å². The number of aliphatic carboxylic acids is 1. The number of unbranched alkanes of at least 4 members (excludes halogenated alkanes) is 21. The Bertz CT molecular complexity index is 1000. The molecule has 54 heavy (non-hydrogen) atoms. The highest BCUT2D eigenvalue weighted by atomic mass is 31.2. The van der Waals surface area contributed by atoms with Crippen LogP contribution in [0.5, 0.6) is 0 Å². The van der Waals surface area contributed by atoms with E-state index in [9.17, 15) is 19.0 Å². The number of carbonyl (C=O) groups is 2. The first-order valence-electron chi connectivity index (χ1n) is 21.5. The summed E-state index contributed by atoms with van der Waals surface area (Å²) in [5.41, 5.74) is 5.35. The molecule has 0 radical (unpaired) electrons. The third-order valence-electron chi connectivity index (χ3n) is 9.14. The zero-order valence-corrected chi connectivity index (χ0v) is 35.2. The number of hydrogen-bond donors (Lipinski definition) is 3. The summed E-state index contributed by atoms with van der Waals surface area (Å²) in [6.07, 6.45) is 43.3. The largest absolute Gasteiger partial charge is 0.480 e. The molecule has 0 rings (SSSR count). The second-order valence-corrected chi connectivity index (χ2v) is 15.9. The van der Waals surface area contributed by atoms with Crippen molar-refractivity contribution in [1.29, 1.82) is 0 Å². The molecule has 3 atom stereocenters. The molecule has 0 aromatic carbocycles. The van der Waals surface area contributed by atoms with Gasteiger partial charge >= 0.3 is 19.8 Å². The number of esters is 1. The number of phosphoric acid groups is 1. The third-order valence-corrected chi connectivity index (χ3v) is 10.1. The molecule has 11 heteroatoms. The van der Waals surface area contributed by atoms with Crippen molar-refractivity contribution in [2.24, 2.45) is 5.73 Å². The van der Waals surface area contributed by atoms with Crippen LogP contribution >= 0.6 is 7.82 Å². The highest BCUT2D eigenvalue weighted by Gasteiger charge is 2.27. The van der Waals surface area contributed by atoms with Gasteiger partial charge in [-0.05, 0) is 70.6 Å². The maximum Gasteiger partial charge on any atom is 0.472 e. The monoisotopic (exact) mass is 786 g/mol. The number of rotatable bonds is 41. The second-order valence-electron chi connectivity index (χ2n) is 14.5. The minimum atomic E-state index is -4.62. The summed E-state index contributed by atoms with van der Waals surface area (Å²) in [4.78, 5) is 33.5. The molecular formula is C43H80NO9P. The van der Waals surface area contributed by atoms with Crippen LogP contribution in [0, 0.1) is 0 Å². The molecule has 0 amide bonds. The van der Waals surface area contributed by atoms with E-state index in [4.69, 9.17) is 29.4 Å². The number of carbonyl (C=O) groups excluding carboxylic acids is 1. The van der Waals surface area contributed by atoms with Crippen molar-refractivity contribution in [2.45, 2.75) is 199 Å². The summed E-state index contributed by atoms with van der Waals surface area (Å²) in [5.74, 6) is -1.79. The van der Waals surface area contributed by atoms with E-state index in [2.05, 4.69) is 50.3 Å². The molecule has 0 saturated heterocycles. The molecule has 0 spiro atoms. The van der Waals surface area contributed by atoms with Gasteiger partial charge in [-0.15, -0.1) is 0 Å². The highest BCUT2D eigenvalue weighted by molar-refractivity contribution is 7.47. The molecule has 0 aromatic heterocycles. The first kappa shape index (κ1) is 52.2. The predicted octanol–water partition coefficient (Wildman–Crippen LogP) is 11.7. The molecule has 0 aliphatic heterocycles. The number of carboxylic acid groups (broad SMARTS) is 1. The minimum absolute atomic E-state index is 0.0102. The maximum atomic E-state index is 12.6. The lowest BCUT2D eigenvalue weighted by Gasteiger charge is -2.20. The van der Waals surface area contributed by atoms with Crippen LogP contribution in [-0.2, 0) is 32.7 Å².